The van der Waals surface area contributed by atoms with Gasteiger partial charge >= 0.3 is 0 Å². The highest BCUT2D eigenvalue weighted by Gasteiger charge is 2.26. The van der Waals surface area contributed by atoms with Crippen LogP contribution in [-0.2, 0) is 0 Å². The van der Waals surface area contributed by atoms with Crippen molar-refractivity contribution >= 4 is 14.2 Å². The number of piperidine rings is 1. The number of carbonyl (C=O) groups excluding carboxylic acids is 1. The van der Waals surface area contributed by atoms with Crippen molar-refractivity contribution in [3.05, 3.63) is 0 Å². The van der Waals surface area contributed by atoms with Crippen LogP contribution in [0.25, 0.3) is 0 Å². The van der Waals surface area contributed by atoms with Gasteiger partial charge in [-0.2, -0.15) is 0 Å². The zero-order chi connectivity index (χ0) is 12.0. The third-order valence-electron chi connectivity index (χ3n) is 3.33. The second kappa shape index (κ2) is 7.24. The maximum Gasteiger partial charge on any atom is 0.240 e. The van der Waals surface area contributed by atoms with E-state index in [1.807, 2.05) is 4.90 Å². The summed E-state index contributed by atoms with van der Waals surface area (Å²) >= 11 is 0. The van der Waals surface area contributed by atoms with Gasteiger partial charge in [-0.1, -0.05) is 13.8 Å². The highest BCUT2D eigenvalue weighted by molar-refractivity contribution is 7.58. The van der Waals surface area contributed by atoms with Crippen LogP contribution in [0.5, 0.6) is 0 Å². The first kappa shape index (κ1) is 13.9. The normalized spacial score (nSPS) is 23.9. The summed E-state index contributed by atoms with van der Waals surface area (Å²) < 4.78 is 0. The predicted octanol–water partition coefficient (Wildman–Crippen LogP) is 2.82. The van der Waals surface area contributed by atoms with Gasteiger partial charge in [0.15, 0.2) is 0 Å². The largest absolute Gasteiger partial charge is 0.396 e. The van der Waals surface area contributed by atoms with Crippen LogP contribution in [-0.4, -0.2) is 40.5 Å². The molecule has 4 heteroatoms. The molecule has 3 nitrogen and oxygen atoms in total. The van der Waals surface area contributed by atoms with Gasteiger partial charge in [-0.3, -0.25) is 4.79 Å². The van der Waals surface area contributed by atoms with E-state index in [0.717, 1.165) is 32.2 Å². The fourth-order valence-corrected chi connectivity index (χ4v) is 3.20. The lowest BCUT2D eigenvalue weighted by Crippen LogP contribution is -2.42. The van der Waals surface area contributed by atoms with Gasteiger partial charge in [-0.05, 0) is 46.3 Å². The molecule has 1 N–H and O–H groups in total. The average Bonchev–Trinajstić information content (AvgIpc) is 2.30. The number of carbonyl (C=O) groups is 1. The second-order valence-electron chi connectivity index (χ2n) is 4.61. The van der Waals surface area contributed by atoms with Crippen molar-refractivity contribution in [3.63, 3.8) is 0 Å². The van der Waals surface area contributed by atoms with Crippen LogP contribution >= 0.6 is 8.58 Å². The quantitative estimate of drug-likeness (QED) is 0.757. The van der Waals surface area contributed by atoms with Crippen molar-refractivity contribution < 1.29 is 9.90 Å². The minimum absolute atomic E-state index is 0.195. The number of rotatable bonds is 5. The number of hydrogen-bond acceptors (Lipinski definition) is 2. The Morgan fingerprint density at radius 3 is 2.94 bits per heavy atom. The van der Waals surface area contributed by atoms with Crippen molar-refractivity contribution in [2.45, 2.75) is 57.7 Å². The number of aliphatic hydroxyl groups excluding tert-OH is 1. The molecular weight excluding hydrogens is 221 g/mol. The summed E-state index contributed by atoms with van der Waals surface area (Å²) in [5.41, 5.74) is 0.816. The lowest BCUT2D eigenvalue weighted by atomic mass is 10.0. The molecule has 0 aromatic carbocycles. The molecule has 1 rings (SSSR count). The fourth-order valence-electron chi connectivity index (χ4n) is 2.11. The first-order chi connectivity index (χ1) is 7.69. The van der Waals surface area contributed by atoms with E-state index in [4.69, 9.17) is 5.11 Å². The van der Waals surface area contributed by atoms with E-state index < -0.39 is 0 Å². The van der Waals surface area contributed by atoms with Crippen molar-refractivity contribution in [3.8, 4) is 0 Å². The molecule has 1 heterocycles. The van der Waals surface area contributed by atoms with Crippen LogP contribution in [0.1, 0.15) is 46.0 Å². The SMILES string of the molecule is CCC(C)PC(=O)N1CCCCC1CCO. The van der Waals surface area contributed by atoms with Crippen molar-refractivity contribution in [2.24, 2.45) is 0 Å². The smallest absolute Gasteiger partial charge is 0.240 e. The van der Waals surface area contributed by atoms with Gasteiger partial charge < -0.3 is 10.0 Å². The summed E-state index contributed by atoms with van der Waals surface area (Å²) in [5, 5.41) is 9.01. The predicted molar refractivity (Wildman–Crippen MR) is 69.5 cm³/mol. The minimum Gasteiger partial charge on any atom is -0.396 e. The topological polar surface area (TPSA) is 40.5 Å². The summed E-state index contributed by atoms with van der Waals surface area (Å²) in [6.07, 6.45) is 5.20. The van der Waals surface area contributed by atoms with E-state index >= 15 is 0 Å². The summed E-state index contributed by atoms with van der Waals surface area (Å²) in [7, 11) is 0.406. The Balaban J connectivity index is 2.50. The number of amides is 1. The van der Waals surface area contributed by atoms with E-state index in [-0.39, 0.29) is 6.61 Å². The van der Waals surface area contributed by atoms with Crippen molar-refractivity contribution in [1.82, 2.24) is 4.90 Å². The van der Waals surface area contributed by atoms with Crippen LogP contribution in [0, 0.1) is 0 Å². The summed E-state index contributed by atoms with van der Waals surface area (Å²) in [6.45, 7) is 5.36. The third-order valence-corrected chi connectivity index (χ3v) is 4.77. The minimum atomic E-state index is 0.195. The molecule has 3 atom stereocenters. The first-order valence-electron chi connectivity index (χ1n) is 6.37. The number of aliphatic hydroxyl groups is 1. The molecule has 1 amide bonds. The maximum absolute atomic E-state index is 12.1. The number of nitrogens with zero attached hydrogens (tertiary/aromatic N) is 1. The molecule has 0 saturated carbocycles. The van der Waals surface area contributed by atoms with Gasteiger partial charge in [0.1, 0.15) is 0 Å². The number of likely N-dealkylation sites (tertiary alicyclic amines) is 1. The van der Waals surface area contributed by atoms with Crippen LogP contribution in [0.2, 0.25) is 0 Å². The van der Waals surface area contributed by atoms with E-state index in [0.29, 0.717) is 25.9 Å². The summed E-state index contributed by atoms with van der Waals surface area (Å²) in [6, 6.07) is 0.294. The molecular formula is C12H24NO2P. The Hall–Kier alpha value is -0.140. The molecule has 0 aliphatic carbocycles. The van der Waals surface area contributed by atoms with Gasteiger partial charge in [0.2, 0.25) is 5.65 Å². The molecule has 0 bridgehead atoms. The molecule has 1 fully saturated rings. The second-order valence-corrected chi connectivity index (χ2v) is 6.32. The Kier molecular flexibility index (Phi) is 6.30. The maximum atomic E-state index is 12.1. The van der Waals surface area contributed by atoms with Gasteiger partial charge in [-0.25, -0.2) is 0 Å². The van der Waals surface area contributed by atoms with Crippen LogP contribution < -0.4 is 0 Å². The Bertz CT molecular complexity index is 221. The van der Waals surface area contributed by atoms with Crippen molar-refractivity contribution in [2.75, 3.05) is 13.2 Å². The Labute approximate surface area is 100 Å². The van der Waals surface area contributed by atoms with Crippen LogP contribution in [0.3, 0.4) is 0 Å². The zero-order valence-electron chi connectivity index (χ0n) is 10.4. The van der Waals surface area contributed by atoms with Gasteiger partial charge in [0.25, 0.3) is 0 Å². The van der Waals surface area contributed by atoms with Gasteiger partial charge in [0, 0.05) is 19.2 Å². The lowest BCUT2D eigenvalue weighted by Gasteiger charge is -2.36. The molecule has 94 valence electrons. The number of hydrogen-bond donors (Lipinski definition) is 1. The monoisotopic (exact) mass is 245 g/mol. The molecule has 0 aromatic rings. The van der Waals surface area contributed by atoms with Gasteiger partial charge in [-0.15, -0.1) is 0 Å². The summed E-state index contributed by atoms with van der Waals surface area (Å²) in [5.74, 6) is 0. The van der Waals surface area contributed by atoms with E-state index in [2.05, 4.69) is 13.8 Å². The Morgan fingerprint density at radius 2 is 2.31 bits per heavy atom. The molecule has 16 heavy (non-hydrogen) atoms. The molecule has 0 spiro atoms. The molecule has 3 unspecified atom stereocenters. The van der Waals surface area contributed by atoms with E-state index in [1.165, 1.54) is 6.42 Å². The molecule has 0 radical (unpaired) electrons. The van der Waals surface area contributed by atoms with E-state index in [1.54, 1.807) is 0 Å². The lowest BCUT2D eigenvalue weighted by molar-refractivity contribution is 0.148. The highest BCUT2D eigenvalue weighted by atomic mass is 31.1. The Morgan fingerprint density at radius 1 is 1.56 bits per heavy atom. The first-order valence-corrected chi connectivity index (χ1v) is 7.44. The van der Waals surface area contributed by atoms with E-state index in [9.17, 15) is 4.79 Å². The molecule has 1 aliphatic heterocycles. The third kappa shape index (κ3) is 4.03. The van der Waals surface area contributed by atoms with Crippen LogP contribution in [0.15, 0.2) is 0 Å². The summed E-state index contributed by atoms with van der Waals surface area (Å²) in [4.78, 5) is 14.1. The molecule has 1 saturated heterocycles. The standard InChI is InChI=1S/C12H24NO2P/c1-3-10(2)16-12(15)13-8-5-4-6-11(13)7-9-14/h10-11,14,16H,3-9H2,1-2H3. The van der Waals surface area contributed by atoms with Gasteiger partial charge in [0.05, 0.1) is 0 Å². The van der Waals surface area contributed by atoms with Crippen LogP contribution in [0.4, 0.5) is 4.79 Å². The fraction of sp³-hybridized carbons (Fsp3) is 0.917. The average molecular weight is 245 g/mol. The molecule has 1 aliphatic rings. The van der Waals surface area contributed by atoms with Crippen molar-refractivity contribution in [1.29, 1.82) is 0 Å². The highest BCUT2D eigenvalue weighted by Crippen LogP contribution is 2.30. The zero-order valence-corrected chi connectivity index (χ0v) is 11.4. The molecule has 0 aromatic heterocycles.